The number of rotatable bonds is 4. The molecule has 136 valence electrons. The number of aromatic nitrogens is 4. The zero-order valence-electron chi connectivity index (χ0n) is 15.1. The van der Waals surface area contributed by atoms with Crippen LogP contribution in [0.5, 0.6) is 0 Å². The van der Waals surface area contributed by atoms with Gasteiger partial charge in [-0.2, -0.15) is 0 Å². The topological polar surface area (TPSA) is 64.7 Å². The normalized spacial score (nSPS) is 14.3. The first-order valence-electron chi connectivity index (χ1n) is 9.14. The van der Waals surface area contributed by atoms with Crippen LogP contribution in [-0.2, 0) is 24.3 Å². The molecule has 1 aliphatic carbocycles. The predicted octanol–water partition coefficient (Wildman–Crippen LogP) is 4.08. The van der Waals surface area contributed by atoms with Crippen molar-refractivity contribution in [3.05, 3.63) is 58.0 Å². The molecule has 6 nitrogen and oxygen atoms in total. The van der Waals surface area contributed by atoms with Crippen LogP contribution in [-0.4, -0.2) is 25.8 Å². The van der Waals surface area contributed by atoms with Gasteiger partial charge in [0.05, 0.1) is 11.6 Å². The van der Waals surface area contributed by atoms with Crippen molar-refractivity contribution in [1.82, 2.24) is 19.6 Å². The van der Waals surface area contributed by atoms with Crippen LogP contribution in [0, 0.1) is 6.92 Å². The van der Waals surface area contributed by atoms with E-state index in [1.807, 2.05) is 24.3 Å². The number of hydrogen-bond donors (Lipinski definition) is 0. The third kappa shape index (κ3) is 3.08. The minimum atomic E-state index is 0.234. The first-order chi connectivity index (χ1) is 13.3. The molecule has 7 heteroatoms. The average molecular weight is 377 g/mol. The molecular weight excluding hydrogens is 358 g/mol. The maximum atomic E-state index is 5.40. The molecule has 0 aliphatic heterocycles. The quantitative estimate of drug-likeness (QED) is 0.397. The Bertz CT molecular complexity index is 1140. The standard InChI is InChI=1S/C20H19N5OS/c1-13-6-8-14(9-7-13)10-22-26-11-17-23-19-18-15-4-2-3-5-16(15)27-20(18)21-12-25(19)24-17/h6-10,12H,2-5,11H2,1H3. The maximum absolute atomic E-state index is 5.40. The Balaban J connectivity index is 1.39. The summed E-state index contributed by atoms with van der Waals surface area (Å²) < 4.78 is 1.76. The Hall–Kier alpha value is -2.80. The molecule has 0 amide bonds. The van der Waals surface area contributed by atoms with Crippen LogP contribution in [0.3, 0.4) is 0 Å². The number of oxime groups is 1. The van der Waals surface area contributed by atoms with Crippen LogP contribution in [0.1, 0.15) is 40.2 Å². The lowest BCUT2D eigenvalue weighted by atomic mass is 9.97. The molecule has 5 rings (SSSR count). The van der Waals surface area contributed by atoms with Gasteiger partial charge < -0.3 is 4.84 Å². The molecule has 0 unspecified atom stereocenters. The Kier molecular flexibility index (Phi) is 4.09. The summed E-state index contributed by atoms with van der Waals surface area (Å²) in [5, 5.41) is 9.69. The fourth-order valence-electron chi connectivity index (χ4n) is 3.51. The summed E-state index contributed by atoms with van der Waals surface area (Å²) >= 11 is 1.80. The first-order valence-corrected chi connectivity index (χ1v) is 9.96. The van der Waals surface area contributed by atoms with Crippen LogP contribution in [0.25, 0.3) is 15.9 Å². The highest BCUT2D eigenvalue weighted by Crippen LogP contribution is 2.36. The van der Waals surface area contributed by atoms with E-state index < -0.39 is 0 Å². The molecule has 0 spiro atoms. The van der Waals surface area contributed by atoms with Gasteiger partial charge in [-0.3, -0.25) is 0 Å². The zero-order chi connectivity index (χ0) is 18.2. The van der Waals surface area contributed by atoms with Gasteiger partial charge in [-0.15, -0.1) is 16.4 Å². The molecule has 3 aromatic heterocycles. The number of thiophene rings is 1. The van der Waals surface area contributed by atoms with Crippen LogP contribution in [0.15, 0.2) is 35.7 Å². The number of hydrogen-bond acceptors (Lipinski definition) is 6. The molecule has 0 N–H and O–H groups in total. The van der Waals surface area contributed by atoms with Crippen molar-refractivity contribution in [3.63, 3.8) is 0 Å². The van der Waals surface area contributed by atoms with Crippen molar-refractivity contribution in [2.75, 3.05) is 0 Å². The summed E-state index contributed by atoms with van der Waals surface area (Å²) in [6.07, 6.45) is 8.20. The molecule has 0 radical (unpaired) electrons. The Morgan fingerprint density at radius 2 is 2.07 bits per heavy atom. The van der Waals surface area contributed by atoms with Gasteiger partial charge in [0.25, 0.3) is 0 Å². The van der Waals surface area contributed by atoms with E-state index in [1.54, 1.807) is 28.4 Å². The maximum Gasteiger partial charge on any atom is 0.192 e. The molecule has 1 aromatic carbocycles. The summed E-state index contributed by atoms with van der Waals surface area (Å²) in [7, 11) is 0. The van der Waals surface area contributed by atoms with E-state index in [4.69, 9.17) is 9.82 Å². The lowest BCUT2D eigenvalue weighted by molar-refractivity contribution is 0.126. The van der Waals surface area contributed by atoms with Crippen molar-refractivity contribution in [2.45, 2.75) is 39.2 Å². The average Bonchev–Trinajstić information content (AvgIpc) is 3.27. The van der Waals surface area contributed by atoms with Gasteiger partial charge in [0.2, 0.25) is 0 Å². The Morgan fingerprint density at radius 1 is 1.22 bits per heavy atom. The van der Waals surface area contributed by atoms with E-state index in [9.17, 15) is 0 Å². The third-order valence-corrected chi connectivity index (χ3v) is 6.08. The largest absolute Gasteiger partial charge is 0.387 e. The van der Waals surface area contributed by atoms with Crippen LogP contribution in [0.4, 0.5) is 0 Å². The lowest BCUT2D eigenvalue weighted by Crippen LogP contribution is -1.99. The molecular formula is C20H19N5OS. The van der Waals surface area contributed by atoms with Gasteiger partial charge in [-0.25, -0.2) is 14.5 Å². The Morgan fingerprint density at radius 3 is 2.96 bits per heavy atom. The van der Waals surface area contributed by atoms with Crippen molar-refractivity contribution < 1.29 is 4.84 Å². The molecule has 4 aromatic rings. The molecule has 0 saturated carbocycles. The molecule has 0 atom stereocenters. The van der Waals surface area contributed by atoms with E-state index in [0.717, 1.165) is 28.9 Å². The second-order valence-electron chi connectivity index (χ2n) is 6.85. The van der Waals surface area contributed by atoms with Gasteiger partial charge in [0, 0.05) is 4.88 Å². The highest BCUT2D eigenvalue weighted by Gasteiger charge is 2.20. The van der Waals surface area contributed by atoms with Crippen LogP contribution in [0.2, 0.25) is 0 Å². The summed E-state index contributed by atoms with van der Waals surface area (Å²) in [5.74, 6) is 0.612. The summed E-state index contributed by atoms with van der Waals surface area (Å²) in [6.45, 7) is 2.29. The van der Waals surface area contributed by atoms with Gasteiger partial charge in [0.1, 0.15) is 11.2 Å². The fraction of sp³-hybridized carbons (Fsp3) is 0.300. The van der Waals surface area contributed by atoms with Crippen LogP contribution >= 0.6 is 11.3 Å². The molecule has 27 heavy (non-hydrogen) atoms. The smallest absolute Gasteiger partial charge is 0.192 e. The number of benzene rings is 1. The van der Waals surface area contributed by atoms with Gasteiger partial charge in [0.15, 0.2) is 18.1 Å². The second-order valence-corrected chi connectivity index (χ2v) is 7.93. The van der Waals surface area contributed by atoms with E-state index in [-0.39, 0.29) is 6.61 Å². The van der Waals surface area contributed by atoms with Crippen molar-refractivity contribution in [1.29, 1.82) is 0 Å². The van der Waals surface area contributed by atoms with E-state index in [0.29, 0.717) is 5.82 Å². The third-order valence-electron chi connectivity index (χ3n) is 4.88. The van der Waals surface area contributed by atoms with Crippen molar-refractivity contribution in [2.24, 2.45) is 5.16 Å². The lowest BCUT2D eigenvalue weighted by Gasteiger charge is -2.09. The van der Waals surface area contributed by atoms with Crippen molar-refractivity contribution in [3.8, 4) is 0 Å². The van der Waals surface area contributed by atoms with E-state index in [2.05, 4.69) is 22.2 Å². The van der Waals surface area contributed by atoms with Gasteiger partial charge in [-0.1, -0.05) is 35.0 Å². The molecule has 0 bridgehead atoms. The van der Waals surface area contributed by atoms with Gasteiger partial charge >= 0.3 is 0 Å². The SMILES string of the molecule is Cc1ccc(C=NOCc2nc3c4c5c(sc4ncn3n2)CCCC5)cc1. The minimum Gasteiger partial charge on any atom is -0.387 e. The van der Waals surface area contributed by atoms with Gasteiger partial charge in [-0.05, 0) is 43.7 Å². The zero-order valence-corrected chi connectivity index (χ0v) is 15.9. The first kappa shape index (κ1) is 16.4. The number of fused-ring (bicyclic) bond motifs is 5. The predicted molar refractivity (Wildman–Crippen MR) is 106 cm³/mol. The summed E-state index contributed by atoms with van der Waals surface area (Å²) in [4.78, 5) is 17.2. The molecule has 1 aliphatic rings. The Labute approximate surface area is 160 Å². The highest BCUT2D eigenvalue weighted by atomic mass is 32.1. The summed E-state index contributed by atoms with van der Waals surface area (Å²) in [6, 6.07) is 8.11. The van der Waals surface area contributed by atoms with E-state index >= 15 is 0 Å². The molecule has 3 heterocycles. The molecule has 0 fully saturated rings. The minimum absolute atomic E-state index is 0.234. The highest BCUT2D eigenvalue weighted by molar-refractivity contribution is 7.19. The summed E-state index contributed by atoms with van der Waals surface area (Å²) in [5.41, 5.74) is 4.51. The van der Waals surface area contributed by atoms with Crippen LogP contribution < -0.4 is 0 Å². The monoisotopic (exact) mass is 377 g/mol. The second kappa shape index (κ2) is 6.74. The number of nitrogens with zero attached hydrogens (tertiary/aromatic N) is 5. The van der Waals surface area contributed by atoms with E-state index in [1.165, 1.54) is 34.2 Å². The van der Waals surface area contributed by atoms with Crippen molar-refractivity contribution >= 4 is 33.4 Å². The molecule has 0 saturated heterocycles. The fourth-order valence-corrected chi connectivity index (χ4v) is 4.73. The number of aryl methyl sites for hydroxylation is 3.